The smallest absolute Gasteiger partial charge is 0.171 e. The van der Waals surface area contributed by atoms with Crippen molar-refractivity contribution in [3.05, 3.63) is 153 Å². The van der Waals surface area contributed by atoms with E-state index in [9.17, 15) is 34.8 Å². The molecule has 0 saturated heterocycles. The molecule has 0 aromatic heterocycles. The van der Waals surface area contributed by atoms with E-state index in [0.29, 0.717) is 24.3 Å². The van der Waals surface area contributed by atoms with Crippen LogP contribution in [-0.4, -0.2) is 8.42 Å². The van der Waals surface area contributed by atoms with Gasteiger partial charge in [0.15, 0.2) is 9.84 Å². The quantitative estimate of drug-likeness (QED) is 0.194. The first-order chi connectivity index (χ1) is 19.4. The summed E-state index contributed by atoms with van der Waals surface area (Å²) < 4.78 is 113. The molecule has 41 heavy (non-hydrogen) atoms. The van der Waals surface area contributed by atoms with Crippen LogP contribution in [0.1, 0.15) is 43.9 Å². The molecule has 0 aliphatic rings. The number of hydrogen-bond acceptors (Lipinski definition) is 2. The summed E-state index contributed by atoms with van der Waals surface area (Å²) in [5, 5.41) is -2.99. The molecule has 212 valence electrons. The van der Waals surface area contributed by atoms with Crippen molar-refractivity contribution in [2.45, 2.75) is 24.3 Å². The van der Waals surface area contributed by atoms with Gasteiger partial charge < -0.3 is 0 Å². The molecule has 0 aliphatic heterocycles. The first-order valence-electron chi connectivity index (χ1n) is 12.4. The lowest BCUT2D eigenvalue weighted by atomic mass is 10.1. The highest BCUT2D eigenvalue weighted by molar-refractivity contribution is 7.92. The Balaban J connectivity index is 1.89. The summed E-state index contributed by atoms with van der Waals surface area (Å²) in [5.74, 6) is -7.17. The van der Waals surface area contributed by atoms with Gasteiger partial charge in [0, 0.05) is 35.4 Å². The lowest BCUT2D eigenvalue weighted by Gasteiger charge is -2.22. The third kappa shape index (κ3) is 6.79. The van der Waals surface area contributed by atoms with Crippen LogP contribution in [0.2, 0.25) is 0 Å². The molecule has 4 aromatic carbocycles. The highest BCUT2D eigenvalue weighted by Gasteiger charge is 2.34. The number of aryl methyl sites for hydroxylation is 2. The molecular formula is C32H24F6O2S. The van der Waals surface area contributed by atoms with Gasteiger partial charge in [0.05, 0.1) is 0 Å². The Kier molecular flexibility index (Phi) is 8.87. The molecule has 0 fully saturated rings. The summed E-state index contributed by atoms with van der Waals surface area (Å²) in [4.78, 5) is 0. The van der Waals surface area contributed by atoms with Crippen molar-refractivity contribution in [2.75, 3.05) is 0 Å². The molecule has 0 saturated carbocycles. The lowest BCUT2D eigenvalue weighted by molar-refractivity contribution is 0.539. The number of halogens is 6. The fourth-order valence-electron chi connectivity index (χ4n) is 4.28. The van der Waals surface area contributed by atoms with E-state index in [-0.39, 0.29) is 11.1 Å². The molecule has 0 aliphatic carbocycles. The summed E-state index contributed by atoms with van der Waals surface area (Å²) in [5.41, 5.74) is 0.857. The van der Waals surface area contributed by atoms with Crippen molar-refractivity contribution in [3.8, 4) is 0 Å². The summed E-state index contributed by atoms with van der Waals surface area (Å²) >= 11 is 0. The minimum absolute atomic E-state index is 0.249. The van der Waals surface area contributed by atoms with Crippen LogP contribution in [0.3, 0.4) is 0 Å². The monoisotopic (exact) mass is 586 g/mol. The summed E-state index contributed by atoms with van der Waals surface area (Å²) in [6.45, 7) is 3.58. The van der Waals surface area contributed by atoms with E-state index in [0.717, 1.165) is 35.4 Å². The van der Waals surface area contributed by atoms with Crippen LogP contribution in [0.4, 0.5) is 26.3 Å². The zero-order valence-electron chi connectivity index (χ0n) is 21.9. The van der Waals surface area contributed by atoms with Gasteiger partial charge in [-0.2, -0.15) is 0 Å². The van der Waals surface area contributed by atoms with Crippen molar-refractivity contribution < 1.29 is 34.8 Å². The van der Waals surface area contributed by atoms with E-state index in [1.54, 1.807) is 38.1 Å². The van der Waals surface area contributed by atoms with Crippen LogP contribution in [0.15, 0.2) is 84.9 Å². The molecule has 0 heterocycles. The third-order valence-corrected chi connectivity index (χ3v) is 8.76. The van der Waals surface area contributed by atoms with E-state index >= 15 is 0 Å². The maximum Gasteiger partial charge on any atom is 0.171 e. The van der Waals surface area contributed by atoms with Crippen LogP contribution in [-0.2, 0) is 9.84 Å². The van der Waals surface area contributed by atoms with Gasteiger partial charge in [0.25, 0.3) is 0 Å². The maximum absolute atomic E-state index is 14.4. The van der Waals surface area contributed by atoms with Gasteiger partial charge in [-0.05, 0) is 25.0 Å². The molecule has 4 aromatic rings. The minimum atomic E-state index is -4.41. The average Bonchev–Trinajstić information content (AvgIpc) is 2.88. The van der Waals surface area contributed by atoms with Crippen LogP contribution >= 0.6 is 0 Å². The number of benzene rings is 4. The van der Waals surface area contributed by atoms with Crippen LogP contribution in [0.5, 0.6) is 0 Å². The van der Waals surface area contributed by atoms with Crippen molar-refractivity contribution in [1.82, 2.24) is 0 Å². The largest absolute Gasteiger partial charge is 0.227 e. The van der Waals surface area contributed by atoms with Crippen molar-refractivity contribution in [2.24, 2.45) is 0 Å². The van der Waals surface area contributed by atoms with Gasteiger partial charge >= 0.3 is 0 Å². The van der Waals surface area contributed by atoms with E-state index in [1.165, 1.54) is 24.3 Å². The maximum atomic E-state index is 14.4. The molecule has 2 unspecified atom stereocenters. The Morgan fingerprint density at radius 2 is 0.829 bits per heavy atom. The lowest BCUT2D eigenvalue weighted by Crippen LogP contribution is -2.19. The molecule has 9 heteroatoms. The molecule has 2 atom stereocenters. The van der Waals surface area contributed by atoms with Crippen LogP contribution in [0, 0.1) is 48.8 Å². The van der Waals surface area contributed by atoms with Crippen LogP contribution in [0.25, 0.3) is 12.2 Å². The molecule has 0 spiro atoms. The van der Waals surface area contributed by atoms with E-state index in [2.05, 4.69) is 0 Å². The van der Waals surface area contributed by atoms with E-state index < -0.39 is 66.4 Å². The summed E-state index contributed by atoms with van der Waals surface area (Å²) in [6, 6.07) is 14.7. The fraction of sp³-hybridized carbons (Fsp3) is 0.125. The van der Waals surface area contributed by atoms with Crippen molar-refractivity contribution in [3.63, 3.8) is 0 Å². The van der Waals surface area contributed by atoms with Gasteiger partial charge in [-0.25, -0.2) is 34.8 Å². The third-order valence-electron chi connectivity index (χ3n) is 6.48. The predicted octanol–water partition coefficient (Wildman–Crippen LogP) is 8.76. The first-order valence-corrected chi connectivity index (χ1v) is 14.0. The Hall–Kier alpha value is -4.11. The topological polar surface area (TPSA) is 34.1 Å². The number of hydrogen-bond donors (Lipinski definition) is 0. The molecule has 0 bridgehead atoms. The highest BCUT2D eigenvalue weighted by atomic mass is 32.2. The molecule has 0 radical (unpaired) electrons. The first kappa shape index (κ1) is 29.9. The Morgan fingerprint density at radius 1 is 0.537 bits per heavy atom. The summed E-state index contributed by atoms with van der Waals surface area (Å²) in [6.07, 6.45) is 3.99. The highest BCUT2D eigenvalue weighted by Crippen LogP contribution is 2.38. The molecule has 0 N–H and O–H groups in total. The van der Waals surface area contributed by atoms with Gasteiger partial charge in [-0.3, -0.25) is 0 Å². The Morgan fingerprint density at radius 3 is 1.12 bits per heavy atom. The van der Waals surface area contributed by atoms with E-state index in [1.807, 2.05) is 0 Å². The molecule has 0 amide bonds. The summed E-state index contributed by atoms with van der Waals surface area (Å²) in [7, 11) is -4.41. The fourth-order valence-corrected chi connectivity index (χ4v) is 6.27. The Bertz CT molecular complexity index is 1560. The van der Waals surface area contributed by atoms with Gasteiger partial charge in [0.1, 0.15) is 45.4 Å². The van der Waals surface area contributed by atoms with E-state index in [4.69, 9.17) is 0 Å². The average molecular weight is 587 g/mol. The standard InChI is InChI=1S/C32H24F6O2S/c1-19-3-7-21(8-4-19)31(13-11-25-27(35)15-23(33)16-28(25)36)41(39,40)32(22-9-5-20(2)6-10-22)14-12-26-29(37)17-24(34)18-30(26)38/h3-18,31-32H,1-2H3. The number of rotatable bonds is 8. The normalized spacial score (nSPS) is 13.7. The molecule has 4 rings (SSSR count). The second-order valence-corrected chi connectivity index (χ2v) is 11.7. The van der Waals surface area contributed by atoms with Crippen molar-refractivity contribution >= 4 is 22.0 Å². The molecular weight excluding hydrogens is 562 g/mol. The SMILES string of the molecule is Cc1ccc(C(C=Cc2c(F)cc(F)cc2F)S(=O)(=O)C(C=Cc2c(F)cc(F)cc2F)c2ccc(C)cc2)cc1. The van der Waals surface area contributed by atoms with Gasteiger partial charge in [-0.15, -0.1) is 0 Å². The molecule has 2 nitrogen and oxygen atoms in total. The predicted molar refractivity (Wildman–Crippen MR) is 147 cm³/mol. The van der Waals surface area contributed by atoms with Gasteiger partial charge in [-0.1, -0.05) is 84.0 Å². The van der Waals surface area contributed by atoms with Crippen LogP contribution < -0.4 is 0 Å². The van der Waals surface area contributed by atoms with Crippen molar-refractivity contribution in [1.29, 1.82) is 0 Å². The van der Waals surface area contributed by atoms with Gasteiger partial charge in [0.2, 0.25) is 0 Å². The second-order valence-electron chi connectivity index (χ2n) is 9.54. The second kappa shape index (κ2) is 12.2. The minimum Gasteiger partial charge on any atom is -0.227 e. The zero-order chi connectivity index (χ0) is 29.9. The Labute approximate surface area is 234 Å². The zero-order valence-corrected chi connectivity index (χ0v) is 22.7. The number of sulfone groups is 1.